The maximum absolute atomic E-state index is 12.9. The van der Waals surface area contributed by atoms with Crippen molar-refractivity contribution in [1.82, 2.24) is 10.6 Å². The van der Waals surface area contributed by atoms with E-state index in [2.05, 4.69) is 10.6 Å². The van der Waals surface area contributed by atoms with Crippen LogP contribution in [-0.4, -0.2) is 38.7 Å². The molecule has 1 aromatic rings. The number of benzene rings is 1. The van der Waals surface area contributed by atoms with E-state index in [-0.39, 0.29) is 23.3 Å². The highest BCUT2D eigenvalue weighted by molar-refractivity contribution is 7.92. The van der Waals surface area contributed by atoms with E-state index in [1.54, 1.807) is 0 Å². The SMILES string of the molecule is CC(CC(=O)NC1CCNCC1)S(=O)(=O)c1ccc(F)cc1. The van der Waals surface area contributed by atoms with Gasteiger partial charge in [0.1, 0.15) is 5.82 Å². The van der Waals surface area contributed by atoms with Crippen LogP contribution in [0, 0.1) is 5.82 Å². The van der Waals surface area contributed by atoms with Gasteiger partial charge in [0.05, 0.1) is 10.1 Å². The number of sulfone groups is 1. The molecule has 0 saturated carbocycles. The third kappa shape index (κ3) is 4.27. The first-order chi connectivity index (χ1) is 10.4. The number of piperidine rings is 1. The summed E-state index contributed by atoms with van der Waals surface area (Å²) < 4.78 is 37.6. The summed E-state index contributed by atoms with van der Waals surface area (Å²) in [5.74, 6) is -0.750. The molecule has 1 unspecified atom stereocenters. The average Bonchev–Trinajstić information content (AvgIpc) is 2.48. The molecule has 1 aliphatic heterocycles. The number of halogens is 1. The number of hydrogen-bond acceptors (Lipinski definition) is 4. The number of rotatable bonds is 5. The summed E-state index contributed by atoms with van der Waals surface area (Å²) in [6, 6.07) is 4.77. The van der Waals surface area contributed by atoms with E-state index in [0.717, 1.165) is 38.1 Å². The van der Waals surface area contributed by atoms with Crippen LogP contribution in [0.1, 0.15) is 26.2 Å². The molecule has 5 nitrogen and oxygen atoms in total. The maximum atomic E-state index is 12.9. The highest BCUT2D eigenvalue weighted by Crippen LogP contribution is 2.18. The molecule has 2 rings (SSSR count). The molecule has 1 aliphatic rings. The van der Waals surface area contributed by atoms with E-state index in [9.17, 15) is 17.6 Å². The highest BCUT2D eigenvalue weighted by atomic mass is 32.2. The summed E-state index contributed by atoms with van der Waals surface area (Å²) in [5.41, 5.74) is 0. The third-order valence-corrected chi connectivity index (χ3v) is 6.00. The van der Waals surface area contributed by atoms with Crippen LogP contribution in [0.2, 0.25) is 0 Å². The van der Waals surface area contributed by atoms with Crippen LogP contribution in [0.25, 0.3) is 0 Å². The Kier molecular flexibility index (Phi) is 5.52. The first kappa shape index (κ1) is 16.9. The average molecular weight is 328 g/mol. The zero-order valence-electron chi connectivity index (χ0n) is 12.5. The summed E-state index contributed by atoms with van der Waals surface area (Å²) in [7, 11) is -3.63. The Labute approximate surface area is 130 Å². The number of carbonyl (C=O) groups is 1. The minimum absolute atomic E-state index is 0.0380. The van der Waals surface area contributed by atoms with Crippen molar-refractivity contribution >= 4 is 15.7 Å². The van der Waals surface area contributed by atoms with Gasteiger partial charge in [-0.25, -0.2) is 12.8 Å². The zero-order valence-corrected chi connectivity index (χ0v) is 13.3. The van der Waals surface area contributed by atoms with Crippen molar-refractivity contribution in [1.29, 1.82) is 0 Å². The molecule has 0 spiro atoms. The first-order valence-corrected chi connectivity index (χ1v) is 8.94. The topological polar surface area (TPSA) is 75.3 Å². The molecule has 1 aromatic carbocycles. The summed E-state index contributed by atoms with van der Waals surface area (Å²) in [5, 5.41) is 5.23. The molecule has 1 heterocycles. The lowest BCUT2D eigenvalue weighted by molar-refractivity contribution is -0.121. The van der Waals surface area contributed by atoms with Crippen LogP contribution in [0.4, 0.5) is 4.39 Å². The molecule has 0 aliphatic carbocycles. The standard InChI is InChI=1S/C15H21FN2O3S/c1-11(10-15(19)18-13-6-8-17-9-7-13)22(20,21)14-4-2-12(16)3-5-14/h2-5,11,13,17H,6-10H2,1H3,(H,18,19). The summed E-state index contributed by atoms with van der Waals surface area (Å²) in [6.45, 7) is 3.21. The van der Waals surface area contributed by atoms with E-state index in [1.807, 2.05) is 0 Å². The van der Waals surface area contributed by atoms with E-state index < -0.39 is 20.9 Å². The fourth-order valence-corrected chi connectivity index (χ4v) is 3.83. The van der Waals surface area contributed by atoms with Gasteiger partial charge in [0.2, 0.25) is 5.91 Å². The van der Waals surface area contributed by atoms with Gasteiger partial charge in [-0.3, -0.25) is 4.79 Å². The monoisotopic (exact) mass is 328 g/mol. The predicted octanol–water partition coefficient (Wildman–Crippen LogP) is 1.25. The van der Waals surface area contributed by atoms with Gasteiger partial charge in [0.25, 0.3) is 0 Å². The molecule has 1 amide bonds. The van der Waals surface area contributed by atoms with Gasteiger partial charge in [-0.2, -0.15) is 0 Å². The Morgan fingerprint density at radius 3 is 2.50 bits per heavy atom. The number of nitrogens with one attached hydrogen (secondary N) is 2. The zero-order chi connectivity index (χ0) is 16.2. The van der Waals surface area contributed by atoms with Crippen molar-refractivity contribution in [2.45, 2.75) is 42.4 Å². The first-order valence-electron chi connectivity index (χ1n) is 7.39. The Hall–Kier alpha value is -1.47. The van der Waals surface area contributed by atoms with E-state index >= 15 is 0 Å². The molecule has 22 heavy (non-hydrogen) atoms. The van der Waals surface area contributed by atoms with Crippen molar-refractivity contribution in [3.05, 3.63) is 30.1 Å². The summed E-state index contributed by atoms with van der Waals surface area (Å²) in [4.78, 5) is 12.0. The summed E-state index contributed by atoms with van der Waals surface area (Å²) in [6.07, 6.45) is 1.61. The summed E-state index contributed by atoms with van der Waals surface area (Å²) >= 11 is 0. The molecule has 2 N–H and O–H groups in total. The van der Waals surface area contributed by atoms with E-state index in [0.29, 0.717) is 0 Å². The molecule has 1 saturated heterocycles. The van der Waals surface area contributed by atoms with Gasteiger partial charge in [-0.05, 0) is 57.1 Å². The van der Waals surface area contributed by atoms with Crippen LogP contribution < -0.4 is 10.6 Å². The van der Waals surface area contributed by atoms with Gasteiger partial charge in [0, 0.05) is 12.5 Å². The normalized spacial score (nSPS) is 17.9. The van der Waals surface area contributed by atoms with E-state index in [1.165, 1.54) is 19.1 Å². The van der Waals surface area contributed by atoms with Crippen LogP contribution in [0.3, 0.4) is 0 Å². The predicted molar refractivity (Wildman–Crippen MR) is 81.7 cm³/mol. The van der Waals surface area contributed by atoms with Gasteiger partial charge in [0.15, 0.2) is 9.84 Å². The fourth-order valence-electron chi connectivity index (χ4n) is 2.48. The van der Waals surface area contributed by atoms with Crippen LogP contribution in [0.5, 0.6) is 0 Å². The Bertz CT molecular complexity index is 610. The lowest BCUT2D eigenvalue weighted by Gasteiger charge is -2.24. The van der Waals surface area contributed by atoms with Crippen LogP contribution >= 0.6 is 0 Å². The second kappa shape index (κ2) is 7.19. The van der Waals surface area contributed by atoms with Crippen molar-refractivity contribution in [2.75, 3.05) is 13.1 Å². The minimum Gasteiger partial charge on any atom is -0.353 e. The molecule has 122 valence electrons. The lowest BCUT2D eigenvalue weighted by atomic mass is 10.1. The fraction of sp³-hybridized carbons (Fsp3) is 0.533. The molecule has 1 atom stereocenters. The van der Waals surface area contributed by atoms with Gasteiger partial charge in [-0.1, -0.05) is 0 Å². The largest absolute Gasteiger partial charge is 0.353 e. The second-order valence-electron chi connectivity index (χ2n) is 5.61. The molecular weight excluding hydrogens is 307 g/mol. The maximum Gasteiger partial charge on any atom is 0.221 e. The number of carbonyl (C=O) groups excluding carboxylic acids is 1. The van der Waals surface area contributed by atoms with E-state index in [4.69, 9.17) is 0 Å². The molecule has 0 radical (unpaired) electrons. The lowest BCUT2D eigenvalue weighted by Crippen LogP contribution is -2.43. The highest BCUT2D eigenvalue weighted by Gasteiger charge is 2.26. The molecular formula is C15H21FN2O3S. The quantitative estimate of drug-likeness (QED) is 0.798. The van der Waals surface area contributed by atoms with Crippen molar-refractivity contribution in [3.8, 4) is 0 Å². The smallest absolute Gasteiger partial charge is 0.221 e. The van der Waals surface area contributed by atoms with Crippen molar-refractivity contribution in [3.63, 3.8) is 0 Å². The Morgan fingerprint density at radius 1 is 1.32 bits per heavy atom. The number of amides is 1. The van der Waals surface area contributed by atoms with Gasteiger partial charge >= 0.3 is 0 Å². The van der Waals surface area contributed by atoms with Crippen molar-refractivity contribution in [2.24, 2.45) is 0 Å². The molecule has 1 fully saturated rings. The third-order valence-electron chi connectivity index (χ3n) is 3.85. The second-order valence-corrected chi connectivity index (χ2v) is 7.97. The van der Waals surface area contributed by atoms with Crippen LogP contribution in [-0.2, 0) is 14.6 Å². The Balaban J connectivity index is 1.96. The minimum atomic E-state index is -3.63. The Morgan fingerprint density at radius 2 is 1.91 bits per heavy atom. The molecule has 7 heteroatoms. The van der Waals surface area contributed by atoms with Crippen LogP contribution in [0.15, 0.2) is 29.2 Å². The molecule has 0 bridgehead atoms. The van der Waals surface area contributed by atoms with Gasteiger partial charge in [-0.15, -0.1) is 0 Å². The van der Waals surface area contributed by atoms with Crippen molar-refractivity contribution < 1.29 is 17.6 Å². The number of hydrogen-bond donors (Lipinski definition) is 2. The molecule has 0 aromatic heterocycles. The van der Waals surface area contributed by atoms with Gasteiger partial charge < -0.3 is 10.6 Å².